The number of hydrogen-bond donors (Lipinski definition) is 2. The third-order valence-corrected chi connectivity index (χ3v) is 7.24. The molecular formula is C22H38Cl2N6O2. The number of nitrogens with two attached hydrogens (primary N) is 1. The summed E-state index contributed by atoms with van der Waals surface area (Å²) >= 11 is 12.7. The van der Waals surface area contributed by atoms with Gasteiger partial charge in [0.05, 0.1) is 0 Å². The maximum Gasteiger partial charge on any atom is 0.407 e. The number of hydrogen-bond acceptors (Lipinski definition) is 7. The highest BCUT2D eigenvalue weighted by atomic mass is 35.5. The summed E-state index contributed by atoms with van der Waals surface area (Å²) in [6, 6.07) is 0.234. The van der Waals surface area contributed by atoms with Gasteiger partial charge in [0.25, 0.3) is 0 Å². The molecule has 0 aromatic heterocycles. The van der Waals surface area contributed by atoms with Gasteiger partial charge in [0.15, 0.2) is 0 Å². The van der Waals surface area contributed by atoms with Gasteiger partial charge in [0, 0.05) is 32.2 Å². The van der Waals surface area contributed by atoms with Gasteiger partial charge in [-0.2, -0.15) is 0 Å². The molecule has 1 saturated heterocycles. The number of aliphatic imine (C=N–C) groups is 1. The Bertz CT molecular complexity index is 722. The largest absolute Gasteiger partial charge is 0.444 e. The van der Waals surface area contributed by atoms with Gasteiger partial charge in [0.1, 0.15) is 27.8 Å². The fourth-order valence-electron chi connectivity index (χ4n) is 4.50. The number of halogens is 2. The Morgan fingerprint density at radius 3 is 2.38 bits per heavy atom. The van der Waals surface area contributed by atoms with Crippen molar-refractivity contribution < 1.29 is 9.53 Å². The topological polar surface area (TPSA) is 86.4 Å². The Morgan fingerprint density at radius 2 is 1.78 bits per heavy atom. The molecule has 0 radical (unpaired) electrons. The van der Waals surface area contributed by atoms with E-state index in [4.69, 9.17) is 33.8 Å². The molecule has 1 atom stereocenters. The first kappa shape index (κ1) is 25.4. The van der Waals surface area contributed by atoms with Gasteiger partial charge in [-0.3, -0.25) is 9.91 Å². The summed E-state index contributed by atoms with van der Waals surface area (Å²) in [6.45, 7) is 12.4. The van der Waals surface area contributed by atoms with Crippen LogP contribution < -0.4 is 11.2 Å². The molecule has 2 fully saturated rings. The first-order valence-electron chi connectivity index (χ1n) is 11.7. The summed E-state index contributed by atoms with van der Waals surface area (Å²) in [4.78, 5) is 21.3. The highest BCUT2D eigenvalue weighted by Gasteiger charge is 2.30. The lowest BCUT2D eigenvalue weighted by Crippen LogP contribution is -2.51. The van der Waals surface area contributed by atoms with E-state index in [-0.39, 0.29) is 18.3 Å². The highest BCUT2D eigenvalue weighted by molar-refractivity contribution is 6.48. The maximum atomic E-state index is 12.0. The molecule has 2 heterocycles. The van der Waals surface area contributed by atoms with Gasteiger partial charge in [-0.1, -0.05) is 23.2 Å². The van der Waals surface area contributed by atoms with E-state index >= 15 is 0 Å². The van der Waals surface area contributed by atoms with Crippen LogP contribution in [0.25, 0.3) is 0 Å². The van der Waals surface area contributed by atoms with Gasteiger partial charge in [0.2, 0.25) is 0 Å². The standard InChI is InChI=1S/C22H38Cl2N6O2/c1-15-26-20(18(23)19(24)30(15)25)29-13-11-28(12-14-29)10-9-16-5-7-17(8-6-16)27-21(31)32-22(2,3)4/h15-17H,5-14,25H2,1-4H3,(H,27,31). The van der Waals surface area contributed by atoms with E-state index in [0.29, 0.717) is 10.2 Å². The van der Waals surface area contributed by atoms with Crippen LogP contribution in [0.1, 0.15) is 59.8 Å². The molecule has 0 aromatic rings. The smallest absolute Gasteiger partial charge is 0.407 e. The Labute approximate surface area is 202 Å². The third-order valence-electron chi connectivity index (χ3n) is 6.41. The number of ether oxygens (including phenoxy) is 1. The lowest BCUT2D eigenvalue weighted by Gasteiger charge is -2.39. The van der Waals surface area contributed by atoms with Crippen molar-refractivity contribution in [3.05, 3.63) is 10.2 Å². The Balaban J connectivity index is 1.36. The van der Waals surface area contributed by atoms with Crippen LogP contribution >= 0.6 is 23.2 Å². The lowest BCUT2D eigenvalue weighted by atomic mass is 9.84. The zero-order chi connectivity index (χ0) is 23.5. The number of amidine groups is 1. The number of hydrazine groups is 1. The van der Waals surface area contributed by atoms with E-state index in [9.17, 15) is 4.79 Å². The Kier molecular flexibility index (Phi) is 8.58. The molecule has 1 saturated carbocycles. The number of rotatable bonds is 4. The number of amides is 1. The zero-order valence-corrected chi connectivity index (χ0v) is 21.3. The van der Waals surface area contributed by atoms with Crippen LogP contribution in [0.4, 0.5) is 4.79 Å². The van der Waals surface area contributed by atoms with Gasteiger partial charge >= 0.3 is 6.09 Å². The summed E-state index contributed by atoms with van der Waals surface area (Å²) in [5.41, 5.74) is -0.453. The summed E-state index contributed by atoms with van der Waals surface area (Å²) in [5, 5.41) is 5.20. The zero-order valence-electron chi connectivity index (χ0n) is 19.7. The van der Waals surface area contributed by atoms with E-state index in [1.165, 1.54) is 11.4 Å². The van der Waals surface area contributed by atoms with Crippen molar-refractivity contribution in [3.63, 3.8) is 0 Å². The van der Waals surface area contributed by atoms with Crippen molar-refractivity contribution in [2.45, 2.75) is 77.6 Å². The summed E-state index contributed by atoms with van der Waals surface area (Å²) in [7, 11) is 0. The molecule has 1 amide bonds. The monoisotopic (exact) mass is 488 g/mol. The minimum absolute atomic E-state index is 0.224. The van der Waals surface area contributed by atoms with Crippen LogP contribution in [-0.4, -0.2) is 77.3 Å². The van der Waals surface area contributed by atoms with Crippen molar-refractivity contribution in [2.75, 3.05) is 32.7 Å². The molecule has 3 N–H and O–H groups in total. The second-order valence-corrected chi connectivity index (χ2v) is 10.8. The second-order valence-electron chi connectivity index (χ2n) is 10.1. The first-order chi connectivity index (χ1) is 15.0. The van der Waals surface area contributed by atoms with Gasteiger partial charge in [-0.05, 0) is 72.3 Å². The van der Waals surface area contributed by atoms with Gasteiger partial charge in [-0.15, -0.1) is 0 Å². The summed E-state index contributed by atoms with van der Waals surface area (Å²) in [6.07, 6.45) is 5.04. The van der Waals surface area contributed by atoms with Crippen molar-refractivity contribution in [1.82, 2.24) is 20.1 Å². The molecule has 0 aromatic carbocycles. The molecular weight excluding hydrogens is 451 g/mol. The van der Waals surface area contributed by atoms with Crippen LogP contribution in [-0.2, 0) is 4.74 Å². The highest BCUT2D eigenvalue weighted by Crippen LogP contribution is 2.29. The number of alkyl carbamates (subject to hydrolysis) is 1. The number of carbonyl (C=O) groups excluding carboxylic acids is 1. The molecule has 182 valence electrons. The van der Waals surface area contributed by atoms with E-state index in [1.54, 1.807) is 0 Å². The molecule has 32 heavy (non-hydrogen) atoms. The molecule has 3 rings (SSSR count). The maximum absolute atomic E-state index is 12.0. The average Bonchev–Trinajstić information content (AvgIpc) is 2.73. The van der Waals surface area contributed by atoms with Crippen molar-refractivity contribution in [2.24, 2.45) is 16.8 Å². The minimum atomic E-state index is -0.453. The summed E-state index contributed by atoms with van der Waals surface area (Å²) in [5.74, 6) is 7.36. The predicted molar refractivity (Wildman–Crippen MR) is 129 cm³/mol. The minimum Gasteiger partial charge on any atom is -0.444 e. The second kappa shape index (κ2) is 10.8. The number of nitrogens with zero attached hydrogens (tertiary/aromatic N) is 4. The molecule has 3 aliphatic rings. The van der Waals surface area contributed by atoms with E-state index < -0.39 is 5.60 Å². The average molecular weight is 489 g/mol. The van der Waals surface area contributed by atoms with Gasteiger partial charge < -0.3 is 15.0 Å². The predicted octanol–water partition coefficient (Wildman–Crippen LogP) is 3.66. The van der Waals surface area contributed by atoms with Crippen molar-refractivity contribution >= 4 is 35.1 Å². The summed E-state index contributed by atoms with van der Waals surface area (Å²) < 4.78 is 5.37. The van der Waals surface area contributed by atoms with Crippen LogP contribution in [0, 0.1) is 5.92 Å². The number of nitrogens with one attached hydrogen (secondary N) is 1. The molecule has 0 bridgehead atoms. The Hall–Kier alpha value is -1.22. The fraction of sp³-hybridized carbons (Fsp3) is 0.818. The van der Waals surface area contributed by atoms with E-state index in [1.807, 2.05) is 27.7 Å². The number of carbonyl (C=O) groups is 1. The van der Waals surface area contributed by atoms with E-state index in [0.717, 1.165) is 70.2 Å². The molecule has 1 aliphatic carbocycles. The Morgan fingerprint density at radius 1 is 1.16 bits per heavy atom. The molecule has 1 unspecified atom stereocenters. The van der Waals surface area contributed by atoms with Crippen LogP contribution in [0.5, 0.6) is 0 Å². The SMILES string of the molecule is CC1N=C(N2CCN(CCC3CCC(NC(=O)OC(C)(C)C)CC3)CC2)C(Cl)=C(Cl)N1N. The third kappa shape index (κ3) is 6.89. The van der Waals surface area contributed by atoms with Crippen LogP contribution in [0.3, 0.4) is 0 Å². The van der Waals surface area contributed by atoms with Crippen molar-refractivity contribution in [3.8, 4) is 0 Å². The first-order valence-corrected chi connectivity index (χ1v) is 12.4. The van der Waals surface area contributed by atoms with Gasteiger partial charge in [-0.25, -0.2) is 15.6 Å². The van der Waals surface area contributed by atoms with Crippen molar-refractivity contribution in [1.29, 1.82) is 0 Å². The van der Waals surface area contributed by atoms with Crippen LogP contribution in [0.15, 0.2) is 15.2 Å². The normalized spacial score (nSPS) is 28.0. The molecule has 0 spiro atoms. The van der Waals surface area contributed by atoms with Crippen LogP contribution in [0.2, 0.25) is 0 Å². The fourth-order valence-corrected chi connectivity index (χ4v) is 5.00. The number of piperazine rings is 1. The molecule has 2 aliphatic heterocycles. The molecule has 8 nitrogen and oxygen atoms in total. The molecule has 10 heteroatoms. The quantitative estimate of drug-likeness (QED) is 0.463. The van der Waals surface area contributed by atoms with E-state index in [2.05, 4.69) is 20.1 Å². The lowest BCUT2D eigenvalue weighted by molar-refractivity contribution is 0.0485.